The van der Waals surface area contributed by atoms with Crippen molar-refractivity contribution >= 4 is 29.1 Å². The molecular weight excluding hydrogens is 402 g/mol. The largest absolute Gasteiger partial charge is 0.376 e. The zero-order valence-corrected chi connectivity index (χ0v) is 17.5. The number of hydrogen-bond acceptors (Lipinski definition) is 7. The second-order valence-electron chi connectivity index (χ2n) is 7.54. The van der Waals surface area contributed by atoms with Crippen molar-refractivity contribution in [3.05, 3.63) is 59.5 Å². The first-order valence-corrected chi connectivity index (χ1v) is 10.5. The predicted octanol–water partition coefficient (Wildman–Crippen LogP) is 3.61. The second-order valence-corrected chi connectivity index (χ2v) is 7.95. The summed E-state index contributed by atoms with van der Waals surface area (Å²) in [5.74, 6) is 0.833. The van der Waals surface area contributed by atoms with Gasteiger partial charge in [-0.3, -0.25) is 10.00 Å². The van der Waals surface area contributed by atoms with Crippen molar-refractivity contribution in [1.29, 1.82) is 0 Å². The molecule has 0 aliphatic heterocycles. The van der Waals surface area contributed by atoms with Crippen molar-refractivity contribution in [1.82, 2.24) is 25.1 Å². The van der Waals surface area contributed by atoms with Crippen LogP contribution in [0, 0.1) is 0 Å². The fraction of sp³-hybridized carbons (Fsp3) is 0.381. The molecule has 2 unspecified atom stereocenters. The topological polar surface area (TPSA) is 99.9 Å². The van der Waals surface area contributed by atoms with Crippen molar-refractivity contribution in [3.63, 3.8) is 0 Å². The van der Waals surface area contributed by atoms with Crippen LogP contribution in [0.1, 0.15) is 37.3 Å². The maximum Gasteiger partial charge on any atom is 0.229 e. The molecular formula is C21H26ClN7O. The van der Waals surface area contributed by atoms with Crippen LogP contribution in [0.25, 0.3) is 0 Å². The minimum atomic E-state index is -0.795. The molecule has 4 N–H and O–H groups in total. The van der Waals surface area contributed by atoms with E-state index in [1.807, 2.05) is 43.6 Å². The number of rotatable bonds is 8. The van der Waals surface area contributed by atoms with Crippen LogP contribution in [-0.2, 0) is 7.05 Å². The predicted molar refractivity (Wildman–Crippen MR) is 118 cm³/mol. The summed E-state index contributed by atoms with van der Waals surface area (Å²) in [7, 11) is 1.84. The number of halogens is 1. The molecule has 8 nitrogen and oxygen atoms in total. The van der Waals surface area contributed by atoms with Crippen molar-refractivity contribution in [3.8, 4) is 0 Å². The lowest BCUT2D eigenvalue weighted by atomic mass is 10.0. The molecule has 2 atom stereocenters. The van der Waals surface area contributed by atoms with Crippen molar-refractivity contribution in [2.75, 3.05) is 10.6 Å². The highest BCUT2D eigenvalue weighted by Gasteiger charge is 2.26. The number of aliphatic hydroxyl groups excluding tert-OH is 1. The summed E-state index contributed by atoms with van der Waals surface area (Å²) in [5.41, 5.74) is 1.71. The van der Waals surface area contributed by atoms with E-state index in [0.717, 1.165) is 24.1 Å². The normalized spacial score (nSPS) is 16.4. The van der Waals surface area contributed by atoms with Crippen LogP contribution < -0.4 is 16.0 Å². The summed E-state index contributed by atoms with van der Waals surface area (Å²) in [6.45, 7) is 0. The lowest BCUT2D eigenvalue weighted by Gasteiger charge is -2.28. The van der Waals surface area contributed by atoms with Gasteiger partial charge >= 0.3 is 0 Å². The molecule has 1 fully saturated rings. The van der Waals surface area contributed by atoms with Gasteiger partial charge in [0, 0.05) is 19.3 Å². The summed E-state index contributed by atoms with van der Waals surface area (Å²) >= 11 is 6.38. The highest BCUT2D eigenvalue weighted by atomic mass is 35.5. The van der Waals surface area contributed by atoms with Gasteiger partial charge in [-0.25, -0.2) is 4.98 Å². The fourth-order valence-electron chi connectivity index (χ4n) is 3.73. The molecule has 2 aromatic heterocycles. The minimum Gasteiger partial charge on any atom is -0.376 e. The Labute approximate surface area is 180 Å². The van der Waals surface area contributed by atoms with Gasteiger partial charge in [0.1, 0.15) is 11.3 Å². The van der Waals surface area contributed by atoms with Gasteiger partial charge in [0.2, 0.25) is 5.95 Å². The van der Waals surface area contributed by atoms with E-state index >= 15 is 0 Å². The van der Waals surface area contributed by atoms with Crippen molar-refractivity contribution in [2.45, 2.75) is 44.0 Å². The lowest BCUT2D eigenvalue weighted by Crippen LogP contribution is -2.43. The zero-order chi connectivity index (χ0) is 20.9. The summed E-state index contributed by atoms with van der Waals surface area (Å²) in [6.07, 6.45) is 8.78. The molecule has 0 spiro atoms. The Balaban J connectivity index is 1.56. The van der Waals surface area contributed by atoms with E-state index in [4.69, 9.17) is 11.6 Å². The SMILES string of the molecule is Cn1cc(Nc2ncc(Cl)c(NC(c3ccccc3)C(O)NC3CCCC3)n2)cn1. The summed E-state index contributed by atoms with van der Waals surface area (Å²) in [4.78, 5) is 8.76. The smallest absolute Gasteiger partial charge is 0.229 e. The van der Waals surface area contributed by atoms with E-state index in [1.165, 1.54) is 19.0 Å². The van der Waals surface area contributed by atoms with E-state index in [-0.39, 0.29) is 0 Å². The highest BCUT2D eigenvalue weighted by molar-refractivity contribution is 6.32. The third-order valence-corrected chi connectivity index (χ3v) is 5.51. The molecule has 9 heteroatoms. The van der Waals surface area contributed by atoms with E-state index in [2.05, 4.69) is 31.0 Å². The third-order valence-electron chi connectivity index (χ3n) is 5.23. The van der Waals surface area contributed by atoms with Gasteiger partial charge in [0.05, 0.1) is 24.1 Å². The number of anilines is 3. The van der Waals surface area contributed by atoms with Crippen LogP contribution in [0.15, 0.2) is 48.9 Å². The molecule has 0 amide bonds. The minimum absolute atomic E-state index is 0.316. The molecule has 1 saturated carbocycles. The number of hydrogen-bond donors (Lipinski definition) is 4. The Kier molecular flexibility index (Phi) is 6.47. The van der Waals surface area contributed by atoms with Crippen molar-refractivity contribution < 1.29 is 5.11 Å². The maximum atomic E-state index is 11.0. The fourth-order valence-corrected chi connectivity index (χ4v) is 3.87. The van der Waals surface area contributed by atoms with E-state index in [1.54, 1.807) is 10.9 Å². The lowest BCUT2D eigenvalue weighted by molar-refractivity contribution is 0.102. The van der Waals surface area contributed by atoms with Crippen LogP contribution in [0.4, 0.5) is 17.5 Å². The van der Waals surface area contributed by atoms with E-state index in [0.29, 0.717) is 22.8 Å². The van der Waals surface area contributed by atoms with Gasteiger partial charge in [0.15, 0.2) is 5.82 Å². The number of aryl methyl sites for hydroxylation is 1. The molecule has 30 heavy (non-hydrogen) atoms. The Morgan fingerprint density at radius 2 is 1.93 bits per heavy atom. The third kappa shape index (κ3) is 5.08. The molecule has 0 saturated heterocycles. The van der Waals surface area contributed by atoms with Gasteiger partial charge in [-0.15, -0.1) is 0 Å². The number of benzene rings is 1. The van der Waals surface area contributed by atoms with Crippen LogP contribution in [0.2, 0.25) is 5.02 Å². The van der Waals surface area contributed by atoms with E-state index in [9.17, 15) is 5.11 Å². The quantitative estimate of drug-likeness (QED) is 0.407. The number of nitrogens with one attached hydrogen (secondary N) is 3. The number of aromatic nitrogens is 4. The van der Waals surface area contributed by atoms with E-state index < -0.39 is 12.3 Å². The monoisotopic (exact) mass is 427 g/mol. The first kappa shape index (κ1) is 20.6. The standard InChI is InChI=1S/C21H26ClN7O/c1-29-13-16(11-24-29)26-21-23-12-17(22)19(28-21)27-18(14-7-3-2-4-8-14)20(30)25-15-9-5-6-10-15/h2-4,7-8,11-13,15,18,20,25,30H,5-6,9-10H2,1H3,(H2,23,26,27,28). The van der Waals surface area contributed by atoms with Crippen LogP contribution in [-0.4, -0.2) is 37.1 Å². The molecule has 4 rings (SSSR count). The molecule has 1 aliphatic rings. The van der Waals surface area contributed by atoms with Crippen LogP contribution >= 0.6 is 11.6 Å². The Hall–Kier alpha value is -2.68. The zero-order valence-electron chi connectivity index (χ0n) is 16.8. The van der Waals surface area contributed by atoms with Crippen LogP contribution in [0.3, 0.4) is 0 Å². The Morgan fingerprint density at radius 1 is 1.17 bits per heavy atom. The second kappa shape index (κ2) is 9.42. The first-order chi connectivity index (χ1) is 14.6. The molecule has 2 heterocycles. The Morgan fingerprint density at radius 3 is 2.63 bits per heavy atom. The van der Waals surface area contributed by atoms with Crippen molar-refractivity contribution in [2.24, 2.45) is 7.05 Å². The van der Waals surface area contributed by atoms with Gasteiger partial charge in [-0.05, 0) is 18.4 Å². The average molecular weight is 428 g/mol. The number of nitrogens with zero attached hydrogens (tertiary/aromatic N) is 4. The Bertz CT molecular complexity index is 959. The maximum absolute atomic E-state index is 11.0. The molecule has 3 aromatic rings. The summed E-state index contributed by atoms with van der Waals surface area (Å²) < 4.78 is 1.69. The molecule has 1 aliphatic carbocycles. The van der Waals surface area contributed by atoms with Crippen LogP contribution in [0.5, 0.6) is 0 Å². The van der Waals surface area contributed by atoms with Gasteiger partial charge in [-0.2, -0.15) is 10.1 Å². The first-order valence-electron chi connectivity index (χ1n) is 10.1. The molecule has 158 valence electrons. The molecule has 0 radical (unpaired) electrons. The van der Waals surface area contributed by atoms with Gasteiger partial charge in [-0.1, -0.05) is 54.8 Å². The average Bonchev–Trinajstić information content (AvgIpc) is 3.40. The highest BCUT2D eigenvalue weighted by Crippen LogP contribution is 2.28. The summed E-state index contributed by atoms with van der Waals surface area (Å²) in [6, 6.07) is 9.68. The molecule has 0 bridgehead atoms. The summed E-state index contributed by atoms with van der Waals surface area (Å²) in [5, 5.41) is 25.3. The molecule has 1 aromatic carbocycles. The van der Waals surface area contributed by atoms with Gasteiger partial charge < -0.3 is 15.7 Å². The van der Waals surface area contributed by atoms with Gasteiger partial charge in [0.25, 0.3) is 0 Å². The number of aliphatic hydroxyl groups is 1.